The monoisotopic (exact) mass is 198 g/mol. The van der Waals surface area contributed by atoms with E-state index in [1.54, 1.807) is 0 Å². The highest BCUT2D eigenvalue weighted by Gasteiger charge is 2.16. The van der Waals surface area contributed by atoms with Crippen molar-refractivity contribution in [1.29, 1.82) is 0 Å². The Balaban J connectivity index is 2.85. The fraction of sp³-hybridized carbons (Fsp3) is 0. The molecule has 0 spiro atoms. The van der Waals surface area contributed by atoms with Crippen LogP contribution in [-0.4, -0.2) is 11.1 Å². The molecule has 1 aromatic carbocycles. The molecule has 1 aromatic heterocycles. The van der Waals surface area contributed by atoms with Crippen molar-refractivity contribution >= 4 is 16.9 Å². The lowest BCUT2D eigenvalue weighted by atomic mass is 10.2. The van der Waals surface area contributed by atoms with Crippen LogP contribution in [0.2, 0.25) is 0 Å². The van der Waals surface area contributed by atoms with Gasteiger partial charge in [-0.2, -0.15) is 0 Å². The predicted octanol–water partition coefficient (Wildman–Crippen LogP) is 2.41. The smallest absolute Gasteiger partial charge is 0.339 e. The number of furan rings is 1. The quantitative estimate of drug-likeness (QED) is 0.765. The largest absolute Gasteiger partial charge is 0.478 e. The van der Waals surface area contributed by atoms with E-state index in [0.29, 0.717) is 6.07 Å². The van der Waals surface area contributed by atoms with Gasteiger partial charge in [-0.15, -0.1) is 0 Å². The van der Waals surface area contributed by atoms with Gasteiger partial charge in [0.15, 0.2) is 11.4 Å². The summed E-state index contributed by atoms with van der Waals surface area (Å²) in [5.41, 5.74) is -0.498. The minimum Gasteiger partial charge on any atom is -0.478 e. The van der Waals surface area contributed by atoms with Crippen molar-refractivity contribution in [3.63, 3.8) is 0 Å². The molecule has 0 saturated heterocycles. The summed E-state index contributed by atoms with van der Waals surface area (Å²) < 4.78 is 30.4. The highest BCUT2D eigenvalue weighted by molar-refractivity contribution is 6.02. The lowest BCUT2D eigenvalue weighted by Gasteiger charge is -1.92. The highest BCUT2D eigenvalue weighted by Crippen LogP contribution is 2.24. The number of hydrogen-bond acceptors (Lipinski definition) is 2. The lowest BCUT2D eigenvalue weighted by Crippen LogP contribution is -1.94. The van der Waals surface area contributed by atoms with Gasteiger partial charge >= 0.3 is 5.97 Å². The van der Waals surface area contributed by atoms with Gasteiger partial charge in [0.2, 0.25) is 0 Å². The molecule has 1 N–H and O–H groups in total. The standard InChI is InChI=1S/C9H4F2O3/c10-4-1-5-6(9(12)13)3-14-8(5)7(11)2-4/h1-3H,(H,12,13). The number of aromatic carboxylic acids is 1. The van der Waals surface area contributed by atoms with Crippen LogP contribution in [-0.2, 0) is 0 Å². The van der Waals surface area contributed by atoms with Crippen LogP contribution < -0.4 is 0 Å². The molecule has 0 aliphatic carbocycles. The fourth-order valence-corrected chi connectivity index (χ4v) is 1.23. The lowest BCUT2D eigenvalue weighted by molar-refractivity contribution is 0.0698. The Morgan fingerprint density at radius 3 is 2.71 bits per heavy atom. The van der Waals surface area contributed by atoms with Crippen molar-refractivity contribution < 1.29 is 23.1 Å². The first-order valence-electron chi connectivity index (χ1n) is 3.69. The summed E-state index contributed by atoms with van der Waals surface area (Å²) in [7, 11) is 0. The molecule has 2 rings (SSSR count). The molecule has 1 heterocycles. The Hall–Kier alpha value is -1.91. The molecule has 0 radical (unpaired) electrons. The zero-order valence-electron chi connectivity index (χ0n) is 6.75. The number of hydrogen-bond donors (Lipinski definition) is 1. The zero-order valence-corrected chi connectivity index (χ0v) is 6.75. The Morgan fingerprint density at radius 2 is 2.07 bits per heavy atom. The molecule has 2 aromatic rings. The van der Waals surface area contributed by atoms with Crippen LogP contribution in [0.1, 0.15) is 10.4 Å². The summed E-state index contributed by atoms with van der Waals surface area (Å²) in [6.45, 7) is 0. The molecule has 3 nitrogen and oxygen atoms in total. The molecule has 72 valence electrons. The second-order valence-electron chi connectivity index (χ2n) is 2.72. The summed E-state index contributed by atoms with van der Waals surface area (Å²) in [4.78, 5) is 10.6. The van der Waals surface area contributed by atoms with E-state index in [1.165, 1.54) is 0 Å². The maximum absolute atomic E-state index is 13.0. The molecule has 0 aliphatic rings. The van der Waals surface area contributed by atoms with Crippen molar-refractivity contribution in [2.24, 2.45) is 0 Å². The third-order valence-electron chi connectivity index (χ3n) is 1.82. The normalized spacial score (nSPS) is 10.7. The first kappa shape index (κ1) is 8.68. The van der Waals surface area contributed by atoms with Crippen LogP contribution in [0, 0.1) is 11.6 Å². The topological polar surface area (TPSA) is 50.4 Å². The van der Waals surface area contributed by atoms with E-state index in [-0.39, 0.29) is 16.5 Å². The third kappa shape index (κ3) is 1.14. The average molecular weight is 198 g/mol. The van der Waals surface area contributed by atoms with Gasteiger partial charge in [-0.25, -0.2) is 13.6 Å². The summed E-state index contributed by atoms with van der Waals surface area (Å²) in [6.07, 6.45) is 0.884. The summed E-state index contributed by atoms with van der Waals surface area (Å²) in [5.74, 6) is -3.03. The Kier molecular flexibility index (Phi) is 1.73. The van der Waals surface area contributed by atoms with Gasteiger partial charge in [0, 0.05) is 11.5 Å². The van der Waals surface area contributed by atoms with E-state index >= 15 is 0 Å². The molecule has 0 unspecified atom stereocenters. The van der Waals surface area contributed by atoms with Crippen LogP contribution in [0.25, 0.3) is 11.0 Å². The first-order valence-corrected chi connectivity index (χ1v) is 3.69. The molecule has 0 saturated carbocycles. The summed E-state index contributed by atoms with van der Waals surface area (Å²) >= 11 is 0. The van der Waals surface area contributed by atoms with Gasteiger partial charge in [0.1, 0.15) is 17.6 Å². The molecule has 14 heavy (non-hydrogen) atoms. The van der Waals surface area contributed by atoms with Crippen LogP contribution in [0.5, 0.6) is 0 Å². The molecule has 0 amide bonds. The second-order valence-corrected chi connectivity index (χ2v) is 2.72. The average Bonchev–Trinajstić information content (AvgIpc) is 2.47. The van der Waals surface area contributed by atoms with E-state index < -0.39 is 17.6 Å². The van der Waals surface area contributed by atoms with Gasteiger partial charge in [-0.05, 0) is 6.07 Å². The minimum absolute atomic E-state index is 0.0741. The number of carboxylic acid groups (broad SMARTS) is 1. The van der Waals surface area contributed by atoms with Crippen LogP contribution in [0.3, 0.4) is 0 Å². The molecule has 5 heteroatoms. The molecule has 0 bridgehead atoms. The molecule has 0 atom stereocenters. The number of benzene rings is 1. The number of carbonyl (C=O) groups is 1. The van der Waals surface area contributed by atoms with Crippen molar-refractivity contribution in [3.8, 4) is 0 Å². The van der Waals surface area contributed by atoms with Crippen LogP contribution in [0.15, 0.2) is 22.8 Å². The predicted molar refractivity (Wildman–Crippen MR) is 43.1 cm³/mol. The Labute approximate surface area is 76.6 Å². The summed E-state index contributed by atoms with van der Waals surface area (Å²) in [5, 5.41) is 8.57. The number of halogens is 2. The summed E-state index contributed by atoms with van der Waals surface area (Å²) in [6, 6.07) is 1.56. The van der Waals surface area contributed by atoms with Crippen molar-refractivity contribution in [1.82, 2.24) is 0 Å². The minimum atomic E-state index is -1.28. The van der Waals surface area contributed by atoms with E-state index in [1.807, 2.05) is 0 Å². The van der Waals surface area contributed by atoms with E-state index in [4.69, 9.17) is 5.11 Å². The maximum Gasteiger partial charge on any atom is 0.339 e. The van der Waals surface area contributed by atoms with Crippen LogP contribution >= 0.6 is 0 Å². The Bertz CT molecular complexity index is 516. The van der Waals surface area contributed by atoms with Gasteiger partial charge in [-0.1, -0.05) is 0 Å². The molecule has 0 aliphatic heterocycles. The van der Waals surface area contributed by atoms with Crippen molar-refractivity contribution in [2.45, 2.75) is 0 Å². The van der Waals surface area contributed by atoms with E-state index in [9.17, 15) is 13.6 Å². The first-order chi connectivity index (χ1) is 6.59. The number of carboxylic acids is 1. The van der Waals surface area contributed by atoms with Crippen LogP contribution in [0.4, 0.5) is 8.78 Å². The number of rotatable bonds is 1. The second kappa shape index (κ2) is 2.80. The van der Waals surface area contributed by atoms with Gasteiger partial charge < -0.3 is 9.52 Å². The van der Waals surface area contributed by atoms with Gasteiger partial charge in [0.05, 0.1) is 0 Å². The van der Waals surface area contributed by atoms with E-state index in [2.05, 4.69) is 4.42 Å². The van der Waals surface area contributed by atoms with Gasteiger partial charge in [-0.3, -0.25) is 0 Å². The van der Waals surface area contributed by atoms with Gasteiger partial charge in [0.25, 0.3) is 0 Å². The third-order valence-corrected chi connectivity index (χ3v) is 1.82. The molecular formula is C9H4F2O3. The molecule has 0 fully saturated rings. The zero-order chi connectivity index (χ0) is 10.3. The highest BCUT2D eigenvalue weighted by atomic mass is 19.1. The fourth-order valence-electron chi connectivity index (χ4n) is 1.23. The SMILES string of the molecule is O=C(O)c1coc2c(F)cc(F)cc12. The van der Waals surface area contributed by atoms with Crippen molar-refractivity contribution in [2.75, 3.05) is 0 Å². The molecular weight excluding hydrogens is 194 g/mol. The van der Waals surface area contributed by atoms with Crippen molar-refractivity contribution in [3.05, 3.63) is 35.6 Å². The maximum atomic E-state index is 13.0. The van der Waals surface area contributed by atoms with E-state index in [0.717, 1.165) is 12.3 Å². The Morgan fingerprint density at radius 1 is 1.36 bits per heavy atom. The number of fused-ring (bicyclic) bond motifs is 1.